The molecule has 0 saturated carbocycles. The van der Waals surface area contributed by atoms with Crippen molar-refractivity contribution in [3.05, 3.63) is 72.7 Å². The predicted molar refractivity (Wildman–Crippen MR) is 115 cm³/mol. The number of hydrogen-bond donors (Lipinski definition) is 1. The quantitative estimate of drug-likeness (QED) is 0.542. The van der Waals surface area contributed by atoms with Crippen molar-refractivity contribution >= 4 is 5.82 Å². The van der Waals surface area contributed by atoms with E-state index in [1.165, 1.54) is 0 Å². The van der Waals surface area contributed by atoms with Gasteiger partial charge in [0, 0.05) is 42.3 Å². The van der Waals surface area contributed by atoms with E-state index >= 15 is 0 Å². The molecular formula is C23H21N5O. The molecule has 6 heteroatoms. The van der Waals surface area contributed by atoms with E-state index in [0.29, 0.717) is 5.82 Å². The van der Waals surface area contributed by atoms with E-state index in [4.69, 9.17) is 9.72 Å². The molecule has 1 N–H and O–H groups in total. The zero-order chi connectivity index (χ0) is 20.2. The van der Waals surface area contributed by atoms with Crippen molar-refractivity contribution in [1.82, 2.24) is 19.9 Å². The van der Waals surface area contributed by atoms with E-state index in [2.05, 4.69) is 26.3 Å². The summed E-state index contributed by atoms with van der Waals surface area (Å²) in [6, 6.07) is 17.7. The SMILES string of the molecule is CNc1cc(-c2cncc(-c3ccc(OC)cc3)c2)nc(-c2cccc(C)n2)n1. The molecule has 0 unspecified atom stereocenters. The number of pyridine rings is 2. The molecule has 0 atom stereocenters. The Morgan fingerprint density at radius 2 is 1.59 bits per heavy atom. The lowest BCUT2D eigenvalue weighted by molar-refractivity contribution is 0.415. The lowest BCUT2D eigenvalue weighted by Crippen LogP contribution is -2.00. The van der Waals surface area contributed by atoms with Gasteiger partial charge in [-0.3, -0.25) is 4.98 Å². The molecule has 29 heavy (non-hydrogen) atoms. The van der Waals surface area contributed by atoms with Gasteiger partial charge in [-0.25, -0.2) is 15.0 Å². The summed E-state index contributed by atoms with van der Waals surface area (Å²) in [7, 11) is 3.50. The first-order chi connectivity index (χ1) is 14.2. The summed E-state index contributed by atoms with van der Waals surface area (Å²) >= 11 is 0. The topological polar surface area (TPSA) is 72.8 Å². The van der Waals surface area contributed by atoms with Gasteiger partial charge in [0.1, 0.15) is 17.3 Å². The van der Waals surface area contributed by atoms with E-state index in [-0.39, 0.29) is 0 Å². The van der Waals surface area contributed by atoms with Crippen LogP contribution >= 0.6 is 0 Å². The fraction of sp³-hybridized carbons (Fsp3) is 0.130. The lowest BCUT2D eigenvalue weighted by Gasteiger charge is -2.09. The molecule has 4 aromatic rings. The summed E-state index contributed by atoms with van der Waals surface area (Å²) in [6.07, 6.45) is 3.65. The van der Waals surface area contributed by atoms with Crippen LogP contribution in [0.3, 0.4) is 0 Å². The second kappa shape index (κ2) is 8.06. The van der Waals surface area contributed by atoms with E-state index in [1.807, 2.05) is 74.9 Å². The van der Waals surface area contributed by atoms with Gasteiger partial charge in [0.15, 0.2) is 5.82 Å². The Morgan fingerprint density at radius 1 is 0.793 bits per heavy atom. The number of anilines is 1. The van der Waals surface area contributed by atoms with Gasteiger partial charge in [-0.15, -0.1) is 0 Å². The molecule has 6 nitrogen and oxygen atoms in total. The number of nitrogens with one attached hydrogen (secondary N) is 1. The molecule has 0 radical (unpaired) electrons. The zero-order valence-electron chi connectivity index (χ0n) is 16.5. The standard InChI is InChI=1S/C23H21N5O/c1-15-5-4-6-20(26-15)23-27-21(12-22(24-2)28-23)18-11-17(13-25-14-18)16-7-9-19(29-3)10-8-16/h4-14H,1-3H3,(H,24,27,28). The number of rotatable bonds is 5. The monoisotopic (exact) mass is 383 g/mol. The molecule has 3 heterocycles. The van der Waals surface area contributed by atoms with Crippen molar-refractivity contribution in [2.45, 2.75) is 6.92 Å². The first kappa shape index (κ1) is 18.6. The number of hydrogen-bond acceptors (Lipinski definition) is 6. The minimum absolute atomic E-state index is 0.574. The van der Waals surface area contributed by atoms with E-state index in [9.17, 15) is 0 Å². The second-order valence-corrected chi connectivity index (χ2v) is 6.57. The van der Waals surface area contributed by atoms with Crippen molar-refractivity contribution < 1.29 is 4.74 Å². The number of methoxy groups -OCH3 is 1. The maximum atomic E-state index is 5.24. The number of ether oxygens (including phenoxy) is 1. The third-order valence-electron chi connectivity index (χ3n) is 4.56. The van der Waals surface area contributed by atoms with Crippen molar-refractivity contribution in [1.29, 1.82) is 0 Å². The highest BCUT2D eigenvalue weighted by molar-refractivity contribution is 5.72. The molecule has 0 saturated heterocycles. The molecule has 3 aromatic heterocycles. The number of aryl methyl sites for hydroxylation is 1. The Bertz CT molecular complexity index is 1140. The van der Waals surface area contributed by atoms with Gasteiger partial charge in [-0.2, -0.15) is 0 Å². The molecule has 4 rings (SSSR count). The summed E-state index contributed by atoms with van der Waals surface area (Å²) < 4.78 is 5.24. The average molecular weight is 383 g/mol. The number of benzene rings is 1. The highest BCUT2D eigenvalue weighted by Crippen LogP contribution is 2.28. The highest BCUT2D eigenvalue weighted by atomic mass is 16.5. The molecule has 0 bridgehead atoms. The van der Waals surface area contributed by atoms with Gasteiger partial charge in [0.2, 0.25) is 0 Å². The molecule has 0 aliphatic heterocycles. The highest BCUT2D eigenvalue weighted by Gasteiger charge is 2.11. The second-order valence-electron chi connectivity index (χ2n) is 6.57. The summed E-state index contributed by atoms with van der Waals surface area (Å²) in [6.45, 7) is 1.95. The van der Waals surface area contributed by atoms with Crippen LogP contribution in [0.1, 0.15) is 5.69 Å². The van der Waals surface area contributed by atoms with Gasteiger partial charge < -0.3 is 10.1 Å². The van der Waals surface area contributed by atoms with Gasteiger partial charge in [0.25, 0.3) is 0 Å². The Morgan fingerprint density at radius 3 is 2.31 bits per heavy atom. The van der Waals surface area contributed by atoms with Crippen LogP contribution in [0.4, 0.5) is 5.82 Å². The Kier molecular flexibility index (Phi) is 5.16. The normalized spacial score (nSPS) is 10.6. The maximum Gasteiger partial charge on any atom is 0.180 e. The maximum absolute atomic E-state index is 5.24. The third-order valence-corrected chi connectivity index (χ3v) is 4.56. The van der Waals surface area contributed by atoms with Gasteiger partial charge in [0.05, 0.1) is 12.8 Å². The minimum atomic E-state index is 0.574. The molecule has 0 aliphatic carbocycles. The van der Waals surface area contributed by atoms with Crippen LogP contribution in [-0.4, -0.2) is 34.1 Å². The summed E-state index contributed by atoms with van der Waals surface area (Å²) in [5.41, 5.74) is 5.42. The first-order valence-electron chi connectivity index (χ1n) is 9.27. The fourth-order valence-electron chi connectivity index (χ4n) is 3.03. The molecule has 1 aromatic carbocycles. The Hall–Kier alpha value is -3.80. The van der Waals surface area contributed by atoms with Gasteiger partial charge in [-0.1, -0.05) is 18.2 Å². The van der Waals surface area contributed by atoms with Crippen LogP contribution in [-0.2, 0) is 0 Å². The first-order valence-corrected chi connectivity index (χ1v) is 9.27. The molecule has 0 aliphatic rings. The van der Waals surface area contributed by atoms with Crippen LogP contribution in [0, 0.1) is 6.92 Å². The van der Waals surface area contributed by atoms with Crippen LogP contribution in [0.2, 0.25) is 0 Å². The van der Waals surface area contributed by atoms with E-state index in [0.717, 1.165) is 45.3 Å². The lowest BCUT2D eigenvalue weighted by atomic mass is 10.0. The van der Waals surface area contributed by atoms with Crippen molar-refractivity contribution in [3.63, 3.8) is 0 Å². The summed E-state index contributed by atoms with van der Waals surface area (Å²) in [4.78, 5) is 18.3. The zero-order valence-corrected chi connectivity index (χ0v) is 16.5. The van der Waals surface area contributed by atoms with E-state index < -0.39 is 0 Å². The smallest absolute Gasteiger partial charge is 0.180 e. The molecule has 0 amide bonds. The van der Waals surface area contributed by atoms with Crippen molar-refractivity contribution in [3.8, 4) is 39.7 Å². The van der Waals surface area contributed by atoms with Crippen LogP contribution in [0.5, 0.6) is 5.75 Å². The Balaban J connectivity index is 1.77. The van der Waals surface area contributed by atoms with Crippen LogP contribution in [0.25, 0.3) is 33.9 Å². The minimum Gasteiger partial charge on any atom is -0.497 e. The number of aromatic nitrogens is 4. The third kappa shape index (κ3) is 4.06. The molecule has 144 valence electrons. The van der Waals surface area contributed by atoms with E-state index in [1.54, 1.807) is 7.11 Å². The predicted octanol–water partition coefficient (Wildman–Crippen LogP) is 4.63. The molecule has 0 fully saturated rings. The average Bonchev–Trinajstić information content (AvgIpc) is 2.79. The molecule has 0 spiro atoms. The van der Waals surface area contributed by atoms with Crippen LogP contribution < -0.4 is 10.1 Å². The summed E-state index contributed by atoms with van der Waals surface area (Å²) in [5.74, 6) is 2.12. The number of nitrogens with zero attached hydrogens (tertiary/aromatic N) is 4. The molecular weight excluding hydrogens is 362 g/mol. The van der Waals surface area contributed by atoms with Crippen molar-refractivity contribution in [2.24, 2.45) is 0 Å². The van der Waals surface area contributed by atoms with Gasteiger partial charge in [-0.05, 0) is 42.8 Å². The van der Waals surface area contributed by atoms with Crippen molar-refractivity contribution in [2.75, 3.05) is 19.5 Å². The summed E-state index contributed by atoms with van der Waals surface area (Å²) in [5, 5.41) is 3.11. The van der Waals surface area contributed by atoms with Gasteiger partial charge >= 0.3 is 0 Å². The fourth-order valence-corrected chi connectivity index (χ4v) is 3.03. The Labute approximate surface area is 169 Å². The largest absolute Gasteiger partial charge is 0.497 e. The van der Waals surface area contributed by atoms with Crippen LogP contribution in [0.15, 0.2) is 67.0 Å².